The van der Waals surface area contributed by atoms with Gasteiger partial charge in [0.25, 0.3) is 0 Å². The van der Waals surface area contributed by atoms with Gasteiger partial charge in [-0.25, -0.2) is 0 Å². The molecule has 1 aliphatic rings. The summed E-state index contributed by atoms with van der Waals surface area (Å²) >= 11 is 0. The lowest BCUT2D eigenvalue weighted by Crippen LogP contribution is -2.42. The summed E-state index contributed by atoms with van der Waals surface area (Å²) in [7, 11) is 0. The minimum atomic E-state index is -0.670. The number of hydrogen-bond donors (Lipinski definition) is 2. The lowest BCUT2D eigenvalue weighted by atomic mass is 10.00. The van der Waals surface area contributed by atoms with Crippen LogP contribution in [0.4, 0.5) is 0 Å². The lowest BCUT2D eigenvalue weighted by Gasteiger charge is -2.26. The Bertz CT molecular complexity index is 735. The van der Waals surface area contributed by atoms with E-state index >= 15 is 0 Å². The molecular formula is C24H32N2O4. The van der Waals surface area contributed by atoms with E-state index in [1.165, 1.54) is 0 Å². The second kappa shape index (κ2) is 12.6. The van der Waals surface area contributed by atoms with Crippen molar-refractivity contribution >= 4 is 5.78 Å². The van der Waals surface area contributed by atoms with Gasteiger partial charge in [-0.2, -0.15) is 0 Å². The van der Waals surface area contributed by atoms with Crippen molar-refractivity contribution in [2.75, 3.05) is 52.5 Å². The normalized spacial score (nSPS) is 16.8. The molecule has 0 saturated carbocycles. The predicted molar refractivity (Wildman–Crippen MR) is 117 cm³/mol. The molecule has 1 fully saturated rings. The number of nitrogens with zero attached hydrogens (tertiary/aromatic N) is 1. The molecule has 0 bridgehead atoms. The van der Waals surface area contributed by atoms with Crippen molar-refractivity contribution in [3.8, 4) is 0 Å². The number of rotatable bonds is 12. The molecule has 1 aliphatic heterocycles. The van der Waals surface area contributed by atoms with E-state index in [-0.39, 0.29) is 12.4 Å². The van der Waals surface area contributed by atoms with E-state index in [0.29, 0.717) is 18.5 Å². The number of hydrogen-bond acceptors (Lipinski definition) is 6. The van der Waals surface area contributed by atoms with Crippen molar-refractivity contribution < 1.29 is 19.4 Å². The zero-order chi connectivity index (χ0) is 21.0. The Morgan fingerprint density at radius 3 is 2.43 bits per heavy atom. The first-order valence-electron chi connectivity index (χ1n) is 10.7. The molecule has 6 nitrogen and oxygen atoms in total. The second-order valence-corrected chi connectivity index (χ2v) is 7.55. The molecule has 0 amide bonds. The predicted octanol–water partition coefficient (Wildman–Crippen LogP) is 1.78. The quantitative estimate of drug-likeness (QED) is 0.409. The van der Waals surface area contributed by atoms with Crippen LogP contribution in [0.1, 0.15) is 15.9 Å². The Labute approximate surface area is 178 Å². The number of carbonyl (C=O) groups is 1. The van der Waals surface area contributed by atoms with Gasteiger partial charge in [-0.15, -0.1) is 0 Å². The van der Waals surface area contributed by atoms with Gasteiger partial charge in [-0.05, 0) is 5.56 Å². The Morgan fingerprint density at radius 2 is 1.73 bits per heavy atom. The third-order valence-corrected chi connectivity index (χ3v) is 5.19. The Morgan fingerprint density at radius 1 is 1.07 bits per heavy atom. The van der Waals surface area contributed by atoms with Gasteiger partial charge in [0.15, 0.2) is 5.78 Å². The summed E-state index contributed by atoms with van der Waals surface area (Å²) in [4.78, 5) is 15.3. The summed E-state index contributed by atoms with van der Waals surface area (Å²) in [6.07, 6.45) is -0.819. The number of aliphatic hydroxyl groups is 1. The number of ether oxygens (including phenoxy) is 2. The number of aliphatic hydroxyl groups excluding tert-OH is 1. The topological polar surface area (TPSA) is 71.0 Å². The highest BCUT2D eigenvalue weighted by molar-refractivity contribution is 5.99. The zero-order valence-corrected chi connectivity index (χ0v) is 17.4. The molecule has 0 spiro atoms. The van der Waals surface area contributed by atoms with Gasteiger partial charge in [-0.1, -0.05) is 60.7 Å². The van der Waals surface area contributed by atoms with Crippen molar-refractivity contribution in [1.82, 2.24) is 10.2 Å². The minimum Gasteiger partial charge on any atom is -0.389 e. The molecule has 2 unspecified atom stereocenters. The molecule has 0 radical (unpaired) electrons. The van der Waals surface area contributed by atoms with E-state index in [9.17, 15) is 9.90 Å². The van der Waals surface area contributed by atoms with Crippen LogP contribution in [0.25, 0.3) is 0 Å². The van der Waals surface area contributed by atoms with Gasteiger partial charge in [-0.3, -0.25) is 9.69 Å². The number of nitrogens with one attached hydrogen (secondary N) is 1. The third kappa shape index (κ3) is 7.63. The summed E-state index contributed by atoms with van der Waals surface area (Å²) in [6.45, 7) is 5.76. The maximum absolute atomic E-state index is 13.0. The Kier molecular flexibility index (Phi) is 9.47. The van der Waals surface area contributed by atoms with E-state index in [1.807, 2.05) is 48.5 Å². The number of carbonyl (C=O) groups excluding carboxylic acids is 1. The summed E-state index contributed by atoms with van der Waals surface area (Å²) in [6, 6.07) is 19.0. The Hall–Kier alpha value is -2.09. The first-order valence-corrected chi connectivity index (χ1v) is 10.7. The first kappa shape index (κ1) is 22.6. The fraction of sp³-hybridized carbons (Fsp3) is 0.458. The van der Waals surface area contributed by atoms with Crippen LogP contribution in [0.15, 0.2) is 60.7 Å². The fourth-order valence-corrected chi connectivity index (χ4v) is 3.46. The average molecular weight is 413 g/mol. The standard InChI is InChI=1S/C24H32N2O4/c27-22(18-25-11-12-26-13-15-29-16-14-26)19-30-23(17-20-7-3-1-4-8-20)24(28)21-9-5-2-6-10-21/h1-10,22-23,25,27H,11-19H2. The molecule has 2 atom stereocenters. The van der Waals surface area contributed by atoms with E-state index in [4.69, 9.17) is 9.47 Å². The highest BCUT2D eigenvalue weighted by atomic mass is 16.5. The number of morpholine rings is 1. The second-order valence-electron chi connectivity index (χ2n) is 7.55. The van der Waals surface area contributed by atoms with E-state index in [1.54, 1.807) is 12.1 Å². The molecule has 30 heavy (non-hydrogen) atoms. The van der Waals surface area contributed by atoms with E-state index in [2.05, 4.69) is 10.2 Å². The minimum absolute atomic E-state index is 0.0630. The molecule has 6 heteroatoms. The maximum atomic E-state index is 13.0. The van der Waals surface area contributed by atoms with Crippen molar-refractivity contribution in [2.45, 2.75) is 18.6 Å². The molecule has 2 N–H and O–H groups in total. The van der Waals surface area contributed by atoms with Crippen molar-refractivity contribution in [2.24, 2.45) is 0 Å². The summed E-state index contributed by atoms with van der Waals surface area (Å²) in [5, 5.41) is 13.6. The van der Waals surface area contributed by atoms with Gasteiger partial charge < -0.3 is 19.9 Å². The van der Waals surface area contributed by atoms with Crippen molar-refractivity contribution in [3.05, 3.63) is 71.8 Å². The van der Waals surface area contributed by atoms with Crippen LogP contribution in [0.3, 0.4) is 0 Å². The van der Waals surface area contributed by atoms with Crippen LogP contribution in [0.2, 0.25) is 0 Å². The smallest absolute Gasteiger partial charge is 0.191 e. The van der Waals surface area contributed by atoms with Crippen LogP contribution >= 0.6 is 0 Å². The molecule has 162 valence electrons. The molecule has 2 aromatic rings. The largest absolute Gasteiger partial charge is 0.389 e. The molecule has 0 aromatic heterocycles. The number of Topliss-reactive ketones (excluding diaryl/α,β-unsaturated/α-hetero) is 1. The van der Waals surface area contributed by atoms with Crippen LogP contribution < -0.4 is 5.32 Å². The van der Waals surface area contributed by atoms with E-state index in [0.717, 1.165) is 45.0 Å². The van der Waals surface area contributed by atoms with Crippen LogP contribution in [0, 0.1) is 0 Å². The van der Waals surface area contributed by atoms with Crippen LogP contribution in [-0.2, 0) is 15.9 Å². The van der Waals surface area contributed by atoms with Crippen molar-refractivity contribution in [3.63, 3.8) is 0 Å². The van der Waals surface area contributed by atoms with Gasteiger partial charge >= 0.3 is 0 Å². The molecule has 3 rings (SSSR count). The summed E-state index contributed by atoms with van der Waals surface area (Å²) in [5.74, 6) is -0.0630. The molecule has 1 saturated heterocycles. The van der Waals surface area contributed by atoms with Gasteiger partial charge in [0, 0.05) is 44.7 Å². The molecule has 2 aromatic carbocycles. The Balaban J connectivity index is 1.46. The highest BCUT2D eigenvalue weighted by Gasteiger charge is 2.22. The van der Waals surface area contributed by atoms with E-state index < -0.39 is 12.2 Å². The van der Waals surface area contributed by atoms with Crippen molar-refractivity contribution in [1.29, 1.82) is 0 Å². The fourth-order valence-electron chi connectivity index (χ4n) is 3.46. The van der Waals surface area contributed by atoms with Gasteiger partial charge in [0.1, 0.15) is 6.10 Å². The summed E-state index contributed by atoms with van der Waals surface area (Å²) in [5.41, 5.74) is 1.65. The average Bonchev–Trinajstić information content (AvgIpc) is 2.81. The third-order valence-electron chi connectivity index (χ3n) is 5.19. The molecule has 1 heterocycles. The lowest BCUT2D eigenvalue weighted by molar-refractivity contribution is -0.00219. The maximum Gasteiger partial charge on any atom is 0.191 e. The van der Waals surface area contributed by atoms with Crippen LogP contribution in [-0.4, -0.2) is 80.5 Å². The van der Waals surface area contributed by atoms with Gasteiger partial charge in [0.2, 0.25) is 0 Å². The SMILES string of the molecule is O=C(c1ccccc1)C(Cc1ccccc1)OCC(O)CNCCN1CCOCC1. The number of ketones is 1. The number of benzene rings is 2. The summed E-state index contributed by atoms with van der Waals surface area (Å²) < 4.78 is 11.3. The molecular weight excluding hydrogens is 380 g/mol. The zero-order valence-electron chi connectivity index (χ0n) is 17.4. The monoisotopic (exact) mass is 412 g/mol. The van der Waals surface area contributed by atoms with Gasteiger partial charge in [0.05, 0.1) is 25.9 Å². The first-order chi connectivity index (χ1) is 14.7. The highest BCUT2D eigenvalue weighted by Crippen LogP contribution is 2.13. The van der Waals surface area contributed by atoms with Crippen LogP contribution in [0.5, 0.6) is 0 Å². The molecule has 0 aliphatic carbocycles.